The highest BCUT2D eigenvalue weighted by molar-refractivity contribution is 7.56. The summed E-state index contributed by atoms with van der Waals surface area (Å²) in [6.45, 7) is 5.88. The Hall–Kier alpha value is -2.78. The van der Waals surface area contributed by atoms with E-state index >= 15 is 0 Å². The van der Waals surface area contributed by atoms with Crippen LogP contribution >= 0.6 is 7.75 Å². The molecule has 0 atom stereocenters. The average molecular weight is 368 g/mol. The summed E-state index contributed by atoms with van der Waals surface area (Å²) in [4.78, 5) is 4.23. The molecule has 1 heterocycles. The van der Waals surface area contributed by atoms with Crippen LogP contribution in [0.1, 0.15) is 16.7 Å². The molecule has 5 nitrogen and oxygen atoms in total. The highest BCUT2D eigenvalue weighted by atomic mass is 31.2. The van der Waals surface area contributed by atoms with Crippen molar-refractivity contribution in [1.29, 1.82) is 0 Å². The van der Waals surface area contributed by atoms with Crippen LogP contribution in [0.5, 0.6) is 11.5 Å². The van der Waals surface area contributed by atoms with Gasteiger partial charge in [0, 0.05) is 6.20 Å². The van der Waals surface area contributed by atoms with Crippen LogP contribution in [0, 0.1) is 20.8 Å². The number of hydrogen-bond acceptors (Lipinski definition) is 4. The number of pyridine rings is 1. The summed E-state index contributed by atoms with van der Waals surface area (Å²) in [5, 5.41) is 2.81. The van der Waals surface area contributed by atoms with Gasteiger partial charge in [-0.3, -0.25) is 5.09 Å². The standard InChI is InChI=1S/C20H21N2O3P/c1-15-4-9-18(10-5-15)24-26(23,22-20-13-8-17(3)14-21-20)25-19-11-6-16(2)7-12-19/h4-14H,1-3H3,(H,21,22,23). The molecular formula is C20H21N2O3P. The second-order valence-corrected chi connectivity index (χ2v) is 7.72. The maximum Gasteiger partial charge on any atom is 0.542 e. The van der Waals surface area contributed by atoms with Crippen molar-refractivity contribution < 1.29 is 13.6 Å². The predicted molar refractivity (Wildman–Crippen MR) is 104 cm³/mol. The van der Waals surface area contributed by atoms with E-state index in [4.69, 9.17) is 9.05 Å². The Bertz CT molecular complexity index is 785. The van der Waals surface area contributed by atoms with Gasteiger partial charge in [-0.25, -0.2) is 9.55 Å². The van der Waals surface area contributed by atoms with Crippen LogP contribution in [0.2, 0.25) is 0 Å². The molecule has 3 rings (SSSR count). The molecule has 0 aliphatic rings. The van der Waals surface area contributed by atoms with Crippen LogP contribution in [-0.4, -0.2) is 4.98 Å². The number of benzene rings is 2. The maximum absolute atomic E-state index is 13.4. The van der Waals surface area contributed by atoms with Gasteiger partial charge in [-0.15, -0.1) is 0 Å². The van der Waals surface area contributed by atoms with E-state index in [9.17, 15) is 4.57 Å². The van der Waals surface area contributed by atoms with Crippen molar-refractivity contribution >= 4 is 13.6 Å². The highest BCUT2D eigenvalue weighted by Crippen LogP contribution is 2.48. The molecule has 2 aromatic carbocycles. The van der Waals surface area contributed by atoms with E-state index in [1.807, 2.05) is 51.1 Å². The van der Waals surface area contributed by atoms with Crippen molar-refractivity contribution in [2.45, 2.75) is 20.8 Å². The van der Waals surface area contributed by atoms with Crippen molar-refractivity contribution in [3.63, 3.8) is 0 Å². The largest absolute Gasteiger partial charge is 0.542 e. The van der Waals surface area contributed by atoms with Crippen molar-refractivity contribution in [1.82, 2.24) is 4.98 Å². The lowest BCUT2D eigenvalue weighted by Gasteiger charge is -2.20. The zero-order valence-electron chi connectivity index (χ0n) is 15.0. The minimum atomic E-state index is -3.74. The lowest BCUT2D eigenvalue weighted by atomic mass is 10.2. The van der Waals surface area contributed by atoms with Crippen LogP contribution in [0.4, 0.5) is 5.82 Å². The molecule has 26 heavy (non-hydrogen) atoms. The zero-order valence-corrected chi connectivity index (χ0v) is 15.9. The van der Waals surface area contributed by atoms with Crippen LogP contribution in [0.25, 0.3) is 0 Å². The summed E-state index contributed by atoms with van der Waals surface area (Å²) in [6.07, 6.45) is 1.68. The van der Waals surface area contributed by atoms with Gasteiger partial charge in [0.1, 0.15) is 17.3 Å². The first kappa shape index (κ1) is 18.0. The van der Waals surface area contributed by atoms with Gasteiger partial charge in [-0.05, 0) is 56.7 Å². The number of nitrogens with zero attached hydrogens (tertiary/aromatic N) is 1. The van der Waals surface area contributed by atoms with Gasteiger partial charge < -0.3 is 9.05 Å². The summed E-state index contributed by atoms with van der Waals surface area (Å²) in [5.41, 5.74) is 3.17. The van der Waals surface area contributed by atoms with Gasteiger partial charge in [0.25, 0.3) is 0 Å². The molecule has 0 saturated carbocycles. The lowest BCUT2D eigenvalue weighted by Crippen LogP contribution is -2.10. The van der Waals surface area contributed by atoms with Crippen LogP contribution in [-0.2, 0) is 4.57 Å². The third-order valence-corrected chi connectivity index (χ3v) is 5.06. The Balaban J connectivity index is 1.88. The molecule has 1 aromatic heterocycles. The molecule has 0 bridgehead atoms. The van der Waals surface area contributed by atoms with E-state index < -0.39 is 7.75 Å². The molecular weight excluding hydrogens is 347 g/mol. The molecule has 1 N–H and O–H groups in total. The second-order valence-electron chi connectivity index (χ2n) is 6.14. The lowest BCUT2D eigenvalue weighted by molar-refractivity contribution is 0.392. The first-order valence-corrected chi connectivity index (χ1v) is 9.80. The number of hydrogen-bond donors (Lipinski definition) is 1. The van der Waals surface area contributed by atoms with E-state index in [2.05, 4.69) is 10.1 Å². The Morgan fingerprint density at radius 3 is 1.62 bits per heavy atom. The molecule has 3 aromatic rings. The maximum atomic E-state index is 13.4. The van der Waals surface area contributed by atoms with Gasteiger partial charge in [-0.2, -0.15) is 0 Å². The Morgan fingerprint density at radius 1 is 0.731 bits per heavy atom. The van der Waals surface area contributed by atoms with E-state index in [0.29, 0.717) is 17.3 Å². The van der Waals surface area contributed by atoms with Crippen molar-refractivity contribution in [2.24, 2.45) is 0 Å². The van der Waals surface area contributed by atoms with Crippen molar-refractivity contribution in [3.05, 3.63) is 83.6 Å². The Kier molecular flexibility index (Phi) is 5.29. The minimum Gasteiger partial charge on any atom is -0.400 e. The van der Waals surface area contributed by atoms with Gasteiger partial charge in [0.2, 0.25) is 0 Å². The fraction of sp³-hybridized carbons (Fsp3) is 0.150. The number of nitrogens with one attached hydrogen (secondary N) is 1. The van der Waals surface area contributed by atoms with Crippen molar-refractivity contribution in [3.8, 4) is 11.5 Å². The molecule has 0 fully saturated rings. The SMILES string of the molecule is Cc1ccc(OP(=O)(Nc2ccc(C)cn2)Oc2ccc(C)cc2)cc1. The van der Waals surface area contributed by atoms with Gasteiger partial charge in [0.05, 0.1) is 0 Å². The first-order chi connectivity index (χ1) is 12.4. The van der Waals surface area contributed by atoms with E-state index in [-0.39, 0.29) is 0 Å². The number of anilines is 1. The smallest absolute Gasteiger partial charge is 0.400 e. The molecule has 0 spiro atoms. The summed E-state index contributed by atoms with van der Waals surface area (Å²) in [5.74, 6) is 1.31. The zero-order chi connectivity index (χ0) is 18.6. The molecule has 0 amide bonds. The monoisotopic (exact) mass is 368 g/mol. The topological polar surface area (TPSA) is 60.5 Å². The normalized spacial score (nSPS) is 11.0. The van der Waals surface area contributed by atoms with E-state index in [1.54, 1.807) is 36.5 Å². The fourth-order valence-electron chi connectivity index (χ4n) is 2.21. The summed E-state index contributed by atoms with van der Waals surface area (Å²) in [6, 6.07) is 18.2. The van der Waals surface area contributed by atoms with Gasteiger partial charge in [-0.1, -0.05) is 41.5 Å². The predicted octanol–water partition coefficient (Wildman–Crippen LogP) is 5.68. The third-order valence-electron chi connectivity index (χ3n) is 3.66. The summed E-state index contributed by atoms with van der Waals surface area (Å²) < 4.78 is 24.8. The average Bonchev–Trinajstić information content (AvgIpc) is 2.61. The number of aromatic nitrogens is 1. The van der Waals surface area contributed by atoms with Crippen LogP contribution < -0.4 is 14.1 Å². The Morgan fingerprint density at radius 2 is 1.19 bits per heavy atom. The van der Waals surface area contributed by atoms with Gasteiger partial charge in [0.15, 0.2) is 0 Å². The first-order valence-electron chi connectivity index (χ1n) is 8.25. The van der Waals surface area contributed by atoms with Gasteiger partial charge >= 0.3 is 7.75 Å². The third kappa shape index (κ3) is 4.87. The molecule has 0 saturated heterocycles. The molecule has 6 heteroatoms. The van der Waals surface area contributed by atoms with Crippen LogP contribution in [0.15, 0.2) is 66.9 Å². The quantitative estimate of drug-likeness (QED) is 0.567. The van der Waals surface area contributed by atoms with E-state index in [0.717, 1.165) is 16.7 Å². The van der Waals surface area contributed by atoms with Crippen LogP contribution in [0.3, 0.4) is 0 Å². The van der Waals surface area contributed by atoms with E-state index in [1.165, 1.54) is 0 Å². The molecule has 0 unspecified atom stereocenters. The Labute approximate surface area is 153 Å². The number of aryl methyl sites for hydroxylation is 3. The highest BCUT2D eigenvalue weighted by Gasteiger charge is 2.29. The summed E-state index contributed by atoms with van der Waals surface area (Å²) >= 11 is 0. The van der Waals surface area contributed by atoms with Crippen molar-refractivity contribution in [2.75, 3.05) is 5.09 Å². The molecule has 0 radical (unpaired) electrons. The number of rotatable bonds is 6. The molecule has 134 valence electrons. The molecule has 0 aliphatic carbocycles. The second kappa shape index (κ2) is 7.63. The summed E-state index contributed by atoms with van der Waals surface area (Å²) in [7, 11) is -3.74. The molecule has 0 aliphatic heterocycles. The fourth-order valence-corrected chi connectivity index (χ4v) is 3.55. The minimum absolute atomic E-state index is 0.415.